The van der Waals surface area contributed by atoms with Crippen LogP contribution in [0.25, 0.3) is 44.7 Å². The first-order chi connectivity index (χ1) is 33.9. The Morgan fingerprint density at radius 1 is 0.643 bits per heavy atom. The SMILES string of the molecule is CCC/C=C/c1ccc(-c2c(C)c(CNC(=O)C3CCCCCC3)nn2-c2ccc(Cl)cc2Cl)s1.CCC/C=C/c1ccc(-c2c(C)c(CNC(=O)Cc3ccccc3)nn2-c2ccc(Cl)cc2Cl)s1. The number of rotatable bonds is 17. The van der Waals surface area contributed by atoms with E-state index in [-0.39, 0.29) is 17.7 Å². The molecule has 70 heavy (non-hydrogen) atoms. The summed E-state index contributed by atoms with van der Waals surface area (Å²) in [5, 5.41) is 18.2. The zero-order valence-electron chi connectivity index (χ0n) is 40.2. The molecule has 4 heterocycles. The van der Waals surface area contributed by atoms with Gasteiger partial charge in [-0.2, -0.15) is 10.2 Å². The number of hydrogen-bond donors (Lipinski definition) is 2. The zero-order valence-corrected chi connectivity index (χ0v) is 44.8. The number of nitrogens with zero attached hydrogens (tertiary/aromatic N) is 4. The molecule has 0 unspecified atom stereocenters. The van der Waals surface area contributed by atoms with Crippen LogP contribution >= 0.6 is 69.1 Å². The minimum atomic E-state index is -0.0457. The number of nitrogens with one attached hydrogen (secondary N) is 2. The molecule has 8 rings (SSSR count). The fourth-order valence-electron chi connectivity index (χ4n) is 8.41. The number of halogens is 4. The number of unbranched alkanes of at least 4 members (excludes halogenated alkanes) is 2. The Balaban J connectivity index is 0.000000206. The maximum absolute atomic E-state index is 12.9. The predicted octanol–water partition coefficient (Wildman–Crippen LogP) is 16.5. The van der Waals surface area contributed by atoms with Gasteiger partial charge in [0, 0.05) is 36.8 Å². The Morgan fingerprint density at radius 3 is 1.60 bits per heavy atom. The lowest BCUT2D eigenvalue weighted by Crippen LogP contribution is -2.30. The molecule has 4 aromatic heterocycles. The van der Waals surface area contributed by atoms with Crippen molar-refractivity contribution in [2.24, 2.45) is 5.92 Å². The van der Waals surface area contributed by atoms with Gasteiger partial charge in [0.2, 0.25) is 11.8 Å². The first-order valence-electron chi connectivity index (χ1n) is 24.1. The highest BCUT2D eigenvalue weighted by Crippen LogP contribution is 2.38. The summed E-state index contributed by atoms with van der Waals surface area (Å²) in [6, 6.07) is 29.0. The number of hydrogen-bond acceptors (Lipinski definition) is 6. The van der Waals surface area contributed by atoms with E-state index >= 15 is 0 Å². The topological polar surface area (TPSA) is 93.8 Å². The normalized spacial score (nSPS) is 13.1. The third kappa shape index (κ3) is 13.9. The van der Waals surface area contributed by atoms with E-state index in [1.807, 2.05) is 64.8 Å². The molecule has 0 aliphatic heterocycles. The van der Waals surface area contributed by atoms with Crippen LogP contribution in [-0.2, 0) is 29.1 Å². The number of allylic oxidation sites excluding steroid dienone is 2. The standard InChI is InChI=1S/C28H33Cl2N3OS.C28H27Cl2N3OS/c1-3-4-7-12-22-14-16-26(35-22)27-19(2)24(18-31-28(34)20-10-8-5-6-9-11-20)32-33(27)25-15-13-21(29)17-23(25)30;1-3-4-6-11-22-13-15-26(35-22)28-19(2)24(18-31-27(34)16-20-9-7-5-8-10-20)32-33(28)25-14-12-21(29)17-23(25)30/h7,12-17,20H,3-6,8-11,18H2,1-2H3,(H,31,34);5-15,17H,3-4,16,18H2,1-2H3,(H,31,34)/b12-7+;11-6+. The van der Waals surface area contributed by atoms with Crippen molar-refractivity contribution >= 4 is 93.0 Å². The van der Waals surface area contributed by atoms with Crippen LogP contribution in [0.1, 0.15) is 116 Å². The van der Waals surface area contributed by atoms with Crippen molar-refractivity contribution in [3.63, 3.8) is 0 Å². The Kier molecular flexibility index (Phi) is 19.6. The molecule has 0 saturated heterocycles. The van der Waals surface area contributed by atoms with Gasteiger partial charge in [-0.15, -0.1) is 22.7 Å². The van der Waals surface area contributed by atoms with Crippen LogP contribution in [0.15, 0.2) is 103 Å². The van der Waals surface area contributed by atoms with Crippen LogP contribution in [0.3, 0.4) is 0 Å². The van der Waals surface area contributed by atoms with Crippen molar-refractivity contribution in [1.82, 2.24) is 30.2 Å². The van der Waals surface area contributed by atoms with E-state index in [4.69, 9.17) is 56.6 Å². The number of amides is 2. The second-order valence-electron chi connectivity index (χ2n) is 17.5. The summed E-state index contributed by atoms with van der Waals surface area (Å²) in [5.41, 5.74) is 8.14. The Bertz CT molecular complexity index is 2920. The molecule has 1 saturated carbocycles. The van der Waals surface area contributed by atoms with Crippen molar-refractivity contribution in [3.05, 3.63) is 161 Å². The van der Waals surface area contributed by atoms with Crippen molar-refractivity contribution in [2.45, 2.75) is 111 Å². The fraction of sp³-hybridized carbons (Fsp3) is 0.321. The highest BCUT2D eigenvalue weighted by molar-refractivity contribution is 7.16. The summed E-state index contributed by atoms with van der Waals surface area (Å²) in [6.45, 7) is 9.19. The molecule has 2 N–H and O–H groups in total. The third-order valence-electron chi connectivity index (χ3n) is 12.2. The lowest BCUT2D eigenvalue weighted by molar-refractivity contribution is -0.125. The van der Waals surface area contributed by atoms with Gasteiger partial charge < -0.3 is 10.6 Å². The maximum Gasteiger partial charge on any atom is 0.224 e. The van der Waals surface area contributed by atoms with E-state index in [2.05, 4.69) is 80.0 Å². The van der Waals surface area contributed by atoms with E-state index in [1.54, 1.807) is 40.9 Å². The summed E-state index contributed by atoms with van der Waals surface area (Å²) in [5.74, 6) is 0.210. The number of aromatic nitrogens is 4. The summed E-state index contributed by atoms with van der Waals surface area (Å²) in [6.07, 6.45) is 20.1. The second kappa shape index (κ2) is 26.0. The molecule has 1 aliphatic rings. The van der Waals surface area contributed by atoms with Crippen LogP contribution in [0.5, 0.6) is 0 Å². The quantitative estimate of drug-likeness (QED) is 0.0889. The number of carbonyl (C=O) groups excluding carboxylic acids is 2. The molecule has 0 atom stereocenters. The van der Waals surface area contributed by atoms with E-state index in [0.29, 0.717) is 39.6 Å². The summed E-state index contributed by atoms with van der Waals surface area (Å²) in [7, 11) is 0. The lowest BCUT2D eigenvalue weighted by atomic mass is 9.99. The molecule has 0 radical (unpaired) electrons. The van der Waals surface area contributed by atoms with Crippen molar-refractivity contribution in [3.8, 4) is 32.5 Å². The van der Waals surface area contributed by atoms with Crippen LogP contribution in [0, 0.1) is 19.8 Å². The molecule has 7 aromatic rings. The van der Waals surface area contributed by atoms with Gasteiger partial charge in [0.05, 0.1) is 73.5 Å². The van der Waals surface area contributed by atoms with Crippen LogP contribution in [-0.4, -0.2) is 31.4 Å². The van der Waals surface area contributed by atoms with E-state index in [0.717, 1.165) is 112 Å². The van der Waals surface area contributed by atoms with Gasteiger partial charge >= 0.3 is 0 Å². The molecule has 3 aromatic carbocycles. The number of carbonyl (C=O) groups is 2. The summed E-state index contributed by atoms with van der Waals surface area (Å²) >= 11 is 28.9. The third-order valence-corrected chi connectivity index (χ3v) is 15.4. The van der Waals surface area contributed by atoms with E-state index in [9.17, 15) is 9.59 Å². The second-order valence-corrected chi connectivity index (χ2v) is 21.4. The van der Waals surface area contributed by atoms with Crippen LogP contribution < -0.4 is 10.6 Å². The fourth-order valence-corrected chi connectivity index (χ4v) is 11.4. The first-order valence-corrected chi connectivity index (χ1v) is 27.3. The lowest BCUT2D eigenvalue weighted by Gasteiger charge is -2.13. The monoisotopic (exact) mass is 1050 g/mol. The van der Waals surface area contributed by atoms with Gasteiger partial charge in [-0.05, 0) is 118 Å². The van der Waals surface area contributed by atoms with E-state index < -0.39 is 0 Å². The van der Waals surface area contributed by atoms with Gasteiger partial charge in [-0.3, -0.25) is 9.59 Å². The van der Waals surface area contributed by atoms with Gasteiger partial charge in [-0.25, -0.2) is 9.36 Å². The molecular formula is C56H60Cl4N6O2S2. The molecule has 8 nitrogen and oxygen atoms in total. The average Bonchev–Trinajstić information content (AvgIpc) is 4.10. The Labute approximate surface area is 440 Å². The zero-order chi connectivity index (χ0) is 49.6. The maximum atomic E-state index is 12.9. The number of thiophene rings is 2. The van der Waals surface area contributed by atoms with E-state index in [1.165, 1.54) is 22.6 Å². The molecular weight excluding hydrogens is 995 g/mol. The van der Waals surface area contributed by atoms with Gasteiger partial charge in [0.15, 0.2) is 0 Å². The van der Waals surface area contributed by atoms with Gasteiger partial charge in [0.25, 0.3) is 0 Å². The molecule has 366 valence electrons. The van der Waals surface area contributed by atoms with Crippen LogP contribution in [0.4, 0.5) is 0 Å². The minimum Gasteiger partial charge on any atom is -0.350 e. The molecule has 0 spiro atoms. The Hall–Kier alpha value is -4.94. The highest BCUT2D eigenvalue weighted by Gasteiger charge is 2.24. The summed E-state index contributed by atoms with van der Waals surface area (Å²) < 4.78 is 3.75. The predicted molar refractivity (Wildman–Crippen MR) is 296 cm³/mol. The van der Waals surface area contributed by atoms with Gasteiger partial charge in [-0.1, -0.05) is 141 Å². The average molecular weight is 1060 g/mol. The van der Waals surface area contributed by atoms with Crippen LogP contribution in [0.2, 0.25) is 20.1 Å². The van der Waals surface area contributed by atoms with Crippen molar-refractivity contribution < 1.29 is 9.59 Å². The van der Waals surface area contributed by atoms with Crippen molar-refractivity contribution in [2.75, 3.05) is 0 Å². The molecule has 1 aliphatic carbocycles. The molecule has 2 amide bonds. The molecule has 1 fully saturated rings. The molecule has 0 bridgehead atoms. The summed E-state index contributed by atoms with van der Waals surface area (Å²) in [4.78, 5) is 30.0. The minimum absolute atomic E-state index is 0.0457. The van der Waals surface area contributed by atoms with Crippen molar-refractivity contribution in [1.29, 1.82) is 0 Å². The Morgan fingerprint density at radius 2 is 1.13 bits per heavy atom. The number of benzene rings is 3. The highest BCUT2D eigenvalue weighted by atomic mass is 35.5. The smallest absolute Gasteiger partial charge is 0.224 e. The van der Waals surface area contributed by atoms with Gasteiger partial charge in [0.1, 0.15) is 0 Å². The molecule has 14 heteroatoms. The largest absolute Gasteiger partial charge is 0.350 e. The first kappa shape index (κ1) is 52.9.